The first-order valence-corrected chi connectivity index (χ1v) is 11.0. The molecular weight excluding hydrogens is 514 g/mol. The van der Waals surface area contributed by atoms with Gasteiger partial charge >= 0.3 is 5.97 Å². The molecule has 0 saturated heterocycles. The minimum absolute atomic E-state index is 0.141. The van der Waals surface area contributed by atoms with Gasteiger partial charge in [0.15, 0.2) is 0 Å². The number of carbonyl (C=O) groups excluding carboxylic acids is 2. The number of carbonyl (C=O) groups is 2. The molecule has 9 nitrogen and oxygen atoms in total. The molecule has 2 N–H and O–H groups in total. The molecule has 0 aliphatic carbocycles. The van der Waals surface area contributed by atoms with E-state index in [1.54, 1.807) is 5.38 Å². The highest BCUT2D eigenvalue weighted by molar-refractivity contribution is 9.10. The van der Waals surface area contributed by atoms with Gasteiger partial charge < -0.3 is 14.5 Å². The van der Waals surface area contributed by atoms with E-state index >= 15 is 0 Å². The zero-order valence-electron chi connectivity index (χ0n) is 16.9. The number of non-ortho nitro benzene ring substituents is 1. The molecule has 0 unspecified atom stereocenters. The summed E-state index contributed by atoms with van der Waals surface area (Å²) in [6.07, 6.45) is 0. The molecule has 11 heteroatoms. The summed E-state index contributed by atoms with van der Waals surface area (Å²) in [5.74, 6) is -1.33. The topological polar surface area (TPSA) is 136 Å². The molecule has 4 rings (SSSR count). The van der Waals surface area contributed by atoms with E-state index in [1.807, 2.05) is 24.3 Å². The van der Waals surface area contributed by atoms with E-state index < -0.39 is 22.4 Å². The molecule has 0 radical (unpaired) electrons. The zero-order chi connectivity index (χ0) is 23.7. The normalized spacial score (nSPS) is 10.7. The van der Waals surface area contributed by atoms with Crippen molar-refractivity contribution < 1.29 is 23.7 Å². The third-order valence-corrected chi connectivity index (χ3v) is 6.19. The van der Waals surface area contributed by atoms with Gasteiger partial charge in [0, 0.05) is 32.9 Å². The molecule has 2 heterocycles. The molecule has 0 bridgehead atoms. The van der Waals surface area contributed by atoms with E-state index in [2.05, 4.69) is 21.2 Å². The Morgan fingerprint density at radius 2 is 1.91 bits per heavy atom. The predicted octanol–water partition coefficient (Wildman–Crippen LogP) is 5.35. The van der Waals surface area contributed by atoms with Crippen molar-refractivity contribution in [3.63, 3.8) is 0 Å². The van der Waals surface area contributed by atoms with Crippen LogP contribution in [0.2, 0.25) is 0 Å². The number of esters is 1. The Labute approximate surface area is 198 Å². The van der Waals surface area contributed by atoms with Crippen LogP contribution in [0.1, 0.15) is 20.7 Å². The molecule has 33 heavy (non-hydrogen) atoms. The number of nitro benzene ring substituents is 1. The molecular formula is C22H14BrN3O6S. The summed E-state index contributed by atoms with van der Waals surface area (Å²) in [4.78, 5) is 36.0. The van der Waals surface area contributed by atoms with Crippen molar-refractivity contribution in [1.82, 2.24) is 0 Å². The zero-order valence-corrected chi connectivity index (χ0v) is 19.3. The average molecular weight is 528 g/mol. The first kappa shape index (κ1) is 22.4. The Hall–Kier alpha value is -3.83. The number of nitrogens with one attached hydrogen (secondary N) is 2. The van der Waals surface area contributed by atoms with Crippen LogP contribution in [-0.2, 0) is 4.74 Å². The Morgan fingerprint density at radius 3 is 2.58 bits per heavy atom. The molecule has 2 aromatic carbocycles. The van der Waals surface area contributed by atoms with Gasteiger partial charge in [-0.3, -0.25) is 20.3 Å². The Bertz CT molecular complexity index is 1480. The molecule has 0 aliphatic heterocycles. The molecule has 166 valence electrons. The van der Waals surface area contributed by atoms with Gasteiger partial charge in [-0.05, 0) is 29.8 Å². The summed E-state index contributed by atoms with van der Waals surface area (Å²) in [5, 5.41) is 24.0. The number of fused-ring (bicyclic) bond motifs is 1. The second-order valence-electron chi connectivity index (χ2n) is 6.77. The summed E-state index contributed by atoms with van der Waals surface area (Å²) in [6, 6.07) is 12.5. The van der Waals surface area contributed by atoms with Gasteiger partial charge in [0.2, 0.25) is 5.55 Å². The Balaban J connectivity index is 1.74. The van der Waals surface area contributed by atoms with Crippen LogP contribution in [0, 0.1) is 15.5 Å². The van der Waals surface area contributed by atoms with Gasteiger partial charge in [-0.25, -0.2) is 4.79 Å². The van der Waals surface area contributed by atoms with Crippen molar-refractivity contribution in [2.75, 3.05) is 12.4 Å². The van der Waals surface area contributed by atoms with Gasteiger partial charge in [0.05, 0.1) is 12.0 Å². The van der Waals surface area contributed by atoms with E-state index in [0.717, 1.165) is 21.4 Å². The average Bonchev–Trinajstić information content (AvgIpc) is 3.21. The van der Waals surface area contributed by atoms with Crippen LogP contribution >= 0.6 is 27.3 Å². The van der Waals surface area contributed by atoms with Crippen molar-refractivity contribution >= 4 is 60.8 Å². The predicted molar refractivity (Wildman–Crippen MR) is 125 cm³/mol. The minimum atomic E-state index is -0.702. The molecule has 0 atom stereocenters. The number of thiophene rings is 1. The minimum Gasteiger partial charge on any atom is -0.465 e. The maximum Gasteiger partial charge on any atom is 0.341 e. The van der Waals surface area contributed by atoms with E-state index in [-0.39, 0.29) is 27.4 Å². The highest BCUT2D eigenvalue weighted by Gasteiger charge is 2.24. The quantitative estimate of drug-likeness (QED) is 0.204. The van der Waals surface area contributed by atoms with Gasteiger partial charge in [0.25, 0.3) is 11.6 Å². The number of nitro groups is 1. The second kappa shape index (κ2) is 8.96. The van der Waals surface area contributed by atoms with Crippen LogP contribution in [0.4, 0.5) is 10.7 Å². The number of hydrogen-bond donors (Lipinski definition) is 2. The van der Waals surface area contributed by atoms with Gasteiger partial charge in [-0.2, -0.15) is 0 Å². The van der Waals surface area contributed by atoms with Crippen molar-refractivity contribution in [2.45, 2.75) is 0 Å². The number of rotatable bonds is 5. The van der Waals surface area contributed by atoms with Crippen molar-refractivity contribution in [2.24, 2.45) is 0 Å². The number of halogens is 1. The number of anilines is 1. The van der Waals surface area contributed by atoms with E-state index in [1.165, 1.54) is 31.4 Å². The standard InChI is InChI=1S/C22H14BrN3O6S/c1-31-22(28)18-16(11-2-4-13(23)5-3-11)10-33-21(18)25-20(27)15-9-12-8-14(26(29)30)6-7-17(12)32-19(15)24/h2-10,24H,1H3,(H,25,27). The monoisotopic (exact) mass is 527 g/mol. The summed E-state index contributed by atoms with van der Waals surface area (Å²) >= 11 is 4.50. The van der Waals surface area contributed by atoms with E-state index in [9.17, 15) is 19.7 Å². The second-order valence-corrected chi connectivity index (χ2v) is 8.57. The first-order valence-electron chi connectivity index (χ1n) is 9.32. The lowest BCUT2D eigenvalue weighted by molar-refractivity contribution is -0.384. The summed E-state index contributed by atoms with van der Waals surface area (Å²) < 4.78 is 11.1. The largest absolute Gasteiger partial charge is 0.465 e. The van der Waals surface area contributed by atoms with Gasteiger partial charge in [-0.1, -0.05) is 28.1 Å². The van der Waals surface area contributed by atoms with E-state index in [0.29, 0.717) is 10.9 Å². The number of nitrogens with zero attached hydrogens (tertiary/aromatic N) is 1. The van der Waals surface area contributed by atoms with Crippen LogP contribution in [0.3, 0.4) is 0 Å². The summed E-state index contributed by atoms with van der Waals surface area (Å²) in [5.41, 5.74) is 1.01. The number of ether oxygens (including phenoxy) is 1. The highest BCUT2D eigenvalue weighted by atomic mass is 79.9. The fourth-order valence-corrected chi connectivity index (χ4v) is 4.39. The number of methoxy groups -OCH3 is 1. The SMILES string of the molecule is COC(=O)c1c(-c2ccc(Br)cc2)csc1NC(=O)c1cc2cc([N+](=O)[O-])ccc2oc1=N. The number of benzene rings is 2. The van der Waals surface area contributed by atoms with Crippen molar-refractivity contribution in [1.29, 1.82) is 5.41 Å². The van der Waals surface area contributed by atoms with Crippen LogP contribution in [0.15, 0.2) is 62.8 Å². The lowest BCUT2D eigenvalue weighted by atomic mass is 10.0. The fraction of sp³-hybridized carbons (Fsp3) is 0.0455. The molecule has 0 saturated carbocycles. The third kappa shape index (κ3) is 4.41. The molecule has 0 aliphatic rings. The third-order valence-electron chi connectivity index (χ3n) is 4.77. The highest BCUT2D eigenvalue weighted by Crippen LogP contribution is 2.37. The maximum atomic E-state index is 13.0. The number of amides is 1. The summed E-state index contributed by atoms with van der Waals surface area (Å²) in [6.45, 7) is 0. The lowest BCUT2D eigenvalue weighted by Crippen LogP contribution is -2.21. The smallest absolute Gasteiger partial charge is 0.341 e. The summed E-state index contributed by atoms with van der Waals surface area (Å²) in [7, 11) is 1.24. The first-order chi connectivity index (χ1) is 15.8. The molecule has 2 aromatic heterocycles. The Kier molecular flexibility index (Phi) is 6.07. The van der Waals surface area contributed by atoms with Crippen LogP contribution in [0.25, 0.3) is 22.1 Å². The number of hydrogen-bond acceptors (Lipinski definition) is 8. The molecule has 1 amide bonds. The van der Waals surface area contributed by atoms with E-state index in [4.69, 9.17) is 14.6 Å². The van der Waals surface area contributed by atoms with Crippen molar-refractivity contribution in [3.05, 3.63) is 85.2 Å². The fourth-order valence-electron chi connectivity index (χ4n) is 3.18. The van der Waals surface area contributed by atoms with Crippen LogP contribution < -0.4 is 10.9 Å². The molecule has 0 spiro atoms. The van der Waals surface area contributed by atoms with Crippen LogP contribution in [0.5, 0.6) is 0 Å². The van der Waals surface area contributed by atoms with Crippen LogP contribution in [-0.4, -0.2) is 23.9 Å². The van der Waals surface area contributed by atoms with Gasteiger partial charge in [0.1, 0.15) is 21.7 Å². The Morgan fingerprint density at radius 1 is 1.18 bits per heavy atom. The molecule has 4 aromatic rings. The molecule has 0 fully saturated rings. The van der Waals surface area contributed by atoms with Crippen molar-refractivity contribution in [3.8, 4) is 11.1 Å². The lowest BCUT2D eigenvalue weighted by Gasteiger charge is -2.08. The maximum absolute atomic E-state index is 13.0. The van der Waals surface area contributed by atoms with Gasteiger partial charge in [-0.15, -0.1) is 11.3 Å².